The molecule has 0 unspecified atom stereocenters. The van der Waals surface area contributed by atoms with Crippen molar-refractivity contribution in [3.05, 3.63) is 36.3 Å². The minimum absolute atomic E-state index is 0.303. The predicted molar refractivity (Wildman–Crippen MR) is 68.6 cm³/mol. The Kier molecular flexibility index (Phi) is 8.78. The van der Waals surface area contributed by atoms with E-state index in [-0.39, 0.29) is 0 Å². The van der Waals surface area contributed by atoms with E-state index < -0.39 is 0 Å². The minimum Gasteiger partial charge on any atom is -0.492 e. The standard InChI is InChI=1S/C13H21NO3/c1-5-13(17-6-2)12(8-7-11-16-4)14(3)9-10-15/h5,7-8,10H,1,6,9,11H2,2-4H3/b8-7-,13-12-. The summed E-state index contributed by atoms with van der Waals surface area (Å²) < 4.78 is 10.4. The Morgan fingerprint density at radius 2 is 2.18 bits per heavy atom. The van der Waals surface area contributed by atoms with Crippen molar-refractivity contribution in [1.29, 1.82) is 0 Å². The molecule has 4 nitrogen and oxygen atoms in total. The number of aldehydes is 1. The van der Waals surface area contributed by atoms with Gasteiger partial charge in [-0.05, 0) is 19.1 Å². The molecule has 0 aromatic heterocycles. The Balaban J connectivity index is 5.03. The fraction of sp³-hybridized carbons (Fsp3) is 0.462. The molecule has 0 saturated heterocycles. The third-order valence-corrected chi connectivity index (χ3v) is 2.04. The number of methoxy groups -OCH3 is 1. The summed E-state index contributed by atoms with van der Waals surface area (Å²) in [7, 11) is 3.45. The molecule has 0 aromatic carbocycles. The highest BCUT2D eigenvalue weighted by Crippen LogP contribution is 2.12. The molecular formula is C13H21NO3. The zero-order valence-electron chi connectivity index (χ0n) is 10.8. The van der Waals surface area contributed by atoms with Gasteiger partial charge in [0.05, 0.1) is 25.5 Å². The number of carbonyl (C=O) groups is 1. The number of hydrogen-bond donors (Lipinski definition) is 0. The van der Waals surface area contributed by atoms with Gasteiger partial charge >= 0.3 is 0 Å². The molecule has 0 heterocycles. The Labute approximate surface area is 103 Å². The van der Waals surface area contributed by atoms with E-state index >= 15 is 0 Å². The number of rotatable bonds is 9. The minimum atomic E-state index is 0.303. The fourth-order valence-electron chi connectivity index (χ4n) is 1.26. The molecule has 0 bridgehead atoms. The number of ether oxygens (including phenoxy) is 2. The maximum atomic E-state index is 10.5. The Bertz CT molecular complexity index is 295. The van der Waals surface area contributed by atoms with Gasteiger partial charge in [0.2, 0.25) is 0 Å². The summed E-state index contributed by atoms with van der Waals surface area (Å²) >= 11 is 0. The van der Waals surface area contributed by atoms with Crippen molar-refractivity contribution >= 4 is 6.29 Å². The summed E-state index contributed by atoms with van der Waals surface area (Å²) in [5, 5.41) is 0. The van der Waals surface area contributed by atoms with E-state index in [1.54, 1.807) is 18.1 Å². The fourth-order valence-corrected chi connectivity index (χ4v) is 1.26. The van der Waals surface area contributed by atoms with E-state index in [0.717, 1.165) is 12.0 Å². The zero-order valence-corrected chi connectivity index (χ0v) is 10.8. The van der Waals surface area contributed by atoms with Gasteiger partial charge in [0, 0.05) is 14.2 Å². The molecule has 0 radical (unpaired) electrons. The summed E-state index contributed by atoms with van der Waals surface area (Å²) in [5.41, 5.74) is 0.811. The lowest BCUT2D eigenvalue weighted by molar-refractivity contribution is -0.108. The van der Waals surface area contributed by atoms with Crippen LogP contribution in [0.5, 0.6) is 0 Å². The van der Waals surface area contributed by atoms with Crippen molar-refractivity contribution < 1.29 is 14.3 Å². The lowest BCUT2D eigenvalue weighted by Gasteiger charge is -2.20. The summed E-state index contributed by atoms with van der Waals surface area (Å²) in [5.74, 6) is 0.657. The molecule has 0 atom stereocenters. The van der Waals surface area contributed by atoms with Crippen molar-refractivity contribution in [2.24, 2.45) is 0 Å². The summed E-state index contributed by atoms with van der Waals surface area (Å²) in [6.07, 6.45) is 6.20. The van der Waals surface area contributed by atoms with Gasteiger partial charge < -0.3 is 19.2 Å². The van der Waals surface area contributed by atoms with Crippen molar-refractivity contribution in [2.45, 2.75) is 6.92 Å². The summed E-state index contributed by atoms with van der Waals surface area (Å²) in [6, 6.07) is 0. The molecule has 0 aromatic rings. The van der Waals surface area contributed by atoms with Gasteiger partial charge in [-0.3, -0.25) is 0 Å². The number of likely N-dealkylation sites (N-methyl/N-ethyl adjacent to an activating group) is 1. The van der Waals surface area contributed by atoms with E-state index in [9.17, 15) is 4.79 Å². The highest BCUT2D eigenvalue weighted by Gasteiger charge is 2.07. The molecule has 0 amide bonds. The smallest absolute Gasteiger partial charge is 0.141 e. The highest BCUT2D eigenvalue weighted by molar-refractivity contribution is 5.53. The molecule has 4 heteroatoms. The van der Waals surface area contributed by atoms with Gasteiger partial charge in [-0.2, -0.15) is 0 Å². The Morgan fingerprint density at radius 3 is 2.65 bits per heavy atom. The predicted octanol–water partition coefficient (Wildman–Crippen LogP) is 1.75. The second-order valence-corrected chi connectivity index (χ2v) is 3.29. The molecule has 0 aliphatic heterocycles. The summed E-state index contributed by atoms with van der Waals surface area (Å²) in [6.45, 7) is 6.98. The van der Waals surface area contributed by atoms with Crippen LogP contribution in [0.15, 0.2) is 36.3 Å². The second kappa shape index (κ2) is 9.66. The zero-order chi connectivity index (χ0) is 13.1. The van der Waals surface area contributed by atoms with E-state index in [0.29, 0.717) is 25.5 Å². The average Bonchev–Trinajstić information content (AvgIpc) is 2.33. The normalized spacial score (nSPS) is 12.2. The molecule has 0 rings (SSSR count). The van der Waals surface area contributed by atoms with Crippen molar-refractivity contribution in [2.75, 3.05) is 33.9 Å². The molecule has 0 saturated carbocycles. The number of carbonyl (C=O) groups excluding carboxylic acids is 1. The number of nitrogens with zero attached hydrogens (tertiary/aromatic N) is 1. The molecule has 0 fully saturated rings. The Hall–Kier alpha value is -1.55. The summed E-state index contributed by atoms with van der Waals surface area (Å²) in [4.78, 5) is 12.3. The number of hydrogen-bond acceptors (Lipinski definition) is 4. The quantitative estimate of drug-likeness (QED) is 0.349. The van der Waals surface area contributed by atoms with Crippen LogP contribution >= 0.6 is 0 Å². The van der Waals surface area contributed by atoms with E-state index in [2.05, 4.69) is 6.58 Å². The third kappa shape index (κ3) is 5.92. The molecular weight excluding hydrogens is 218 g/mol. The van der Waals surface area contributed by atoms with Crippen LogP contribution < -0.4 is 0 Å². The van der Waals surface area contributed by atoms with Crippen LogP contribution in [0, 0.1) is 0 Å². The second-order valence-electron chi connectivity index (χ2n) is 3.29. The largest absolute Gasteiger partial charge is 0.492 e. The van der Waals surface area contributed by atoms with Crippen LogP contribution in [0.4, 0.5) is 0 Å². The third-order valence-electron chi connectivity index (χ3n) is 2.04. The van der Waals surface area contributed by atoms with Crippen molar-refractivity contribution in [1.82, 2.24) is 4.90 Å². The topological polar surface area (TPSA) is 38.8 Å². The molecule has 0 aliphatic carbocycles. The van der Waals surface area contributed by atoms with Gasteiger partial charge in [0.25, 0.3) is 0 Å². The maximum Gasteiger partial charge on any atom is 0.141 e. The first-order chi connectivity index (χ1) is 8.21. The van der Waals surface area contributed by atoms with Crippen LogP contribution in [0.1, 0.15) is 6.92 Å². The van der Waals surface area contributed by atoms with Crippen molar-refractivity contribution in [3.63, 3.8) is 0 Å². The van der Waals surface area contributed by atoms with Gasteiger partial charge in [-0.1, -0.05) is 12.7 Å². The van der Waals surface area contributed by atoms with Crippen LogP contribution in [0.25, 0.3) is 0 Å². The van der Waals surface area contributed by atoms with Crippen molar-refractivity contribution in [3.8, 4) is 0 Å². The van der Waals surface area contributed by atoms with Crippen LogP contribution in [0.3, 0.4) is 0 Å². The number of allylic oxidation sites excluding steroid dienone is 2. The monoisotopic (exact) mass is 239 g/mol. The van der Waals surface area contributed by atoms with E-state index in [4.69, 9.17) is 9.47 Å². The van der Waals surface area contributed by atoms with Crippen LogP contribution in [0.2, 0.25) is 0 Å². The molecule has 0 aliphatic rings. The Morgan fingerprint density at radius 1 is 1.47 bits per heavy atom. The highest BCUT2D eigenvalue weighted by atomic mass is 16.5. The molecule has 0 spiro atoms. The average molecular weight is 239 g/mol. The lowest BCUT2D eigenvalue weighted by atomic mass is 10.3. The van der Waals surface area contributed by atoms with Crippen LogP contribution in [-0.2, 0) is 14.3 Å². The van der Waals surface area contributed by atoms with Gasteiger partial charge in [-0.15, -0.1) is 0 Å². The maximum absolute atomic E-state index is 10.5. The molecule has 96 valence electrons. The van der Waals surface area contributed by atoms with Gasteiger partial charge in [-0.25, -0.2) is 0 Å². The molecule has 0 N–H and O–H groups in total. The van der Waals surface area contributed by atoms with Gasteiger partial charge in [0.15, 0.2) is 0 Å². The first kappa shape index (κ1) is 15.4. The lowest BCUT2D eigenvalue weighted by Crippen LogP contribution is -2.21. The van der Waals surface area contributed by atoms with E-state index in [1.807, 2.05) is 26.1 Å². The SMILES string of the molecule is C=C/C(OCC)=C(\C=C/COC)N(C)CC=O. The van der Waals surface area contributed by atoms with Gasteiger partial charge in [0.1, 0.15) is 12.0 Å². The first-order valence-electron chi connectivity index (χ1n) is 5.51. The van der Waals surface area contributed by atoms with E-state index in [1.165, 1.54) is 0 Å². The first-order valence-corrected chi connectivity index (χ1v) is 5.51. The van der Waals surface area contributed by atoms with Crippen LogP contribution in [-0.4, -0.2) is 45.1 Å². The molecule has 17 heavy (non-hydrogen) atoms.